The number of esters is 1. The maximum Gasteiger partial charge on any atom is 0.326 e. The molecule has 27 heavy (non-hydrogen) atoms. The third-order valence-corrected chi connectivity index (χ3v) is 6.32. The number of fused-ring (bicyclic) bond motifs is 1. The highest BCUT2D eigenvalue weighted by Gasteiger charge is 2.28. The molecule has 0 fully saturated rings. The van der Waals surface area contributed by atoms with Crippen LogP contribution in [0.1, 0.15) is 40.7 Å². The van der Waals surface area contributed by atoms with E-state index in [0.717, 1.165) is 26.6 Å². The first-order valence-electron chi connectivity index (χ1n) is 8.65. The largest absolute Gasteiger partial charge is 0.465 e. The van der Waals surface area contributed by atoms with Crippen LogP contribution in [0.25, 0.3) is 0 Å². The predicted octanol–water partition coefficient (Wildman–Crippen LogP) is 1.72. The average Bonchev–Trinajstić information content (AvgIpc) is 2.95. The van der Waals surface area contributed by atoms with Gasteiger partial charge in [-0.3, -0.25) is 18.4 Å². The van der Waals surface area contributed by atoms with Crippen LogP contribution < -0.4 is 10.9 Å². The van der Waals surface area contributed by atoms with Gasteiger partial charge < -0.3 is 10.1 Å². The molecule has 0 aliphatic carbocycles. The van der Waals surface area contributed by atoms with E-state index in [2.05, 4.69) is 15.3 Å². The summed E-state index contributed by atoms with van der Waals surface area (Å²) in [6, 6.07) is -0.0350. The number of anilines is 1. The van der Waals surface area contributed by atoms with Crippen LogP contribution in [-0.4, -0.2) is 37.6 Å². The standard InChI is InChI=1S/C17H22N4O4S2/c1-5-25-13(22)8-21-16(23)14-11(20-17(21)27(4)24)6-7-12(19-14)15-9(2)18-10(3)26-15/h12,19H,5-8H2,1-4H3/t12-,27?/m0/s1. The molecule has 0 amide bonds. The van der Waals surface area contributed by atoms with Gasteiger partial charge in [-0.2, -0.15) is 0 Å². The van der Waals surface area contributed by atoms with Gasteiger partial charge in [0.25, 0.3) is 5.56 Å². The molecule has 3 rings (SSSR count). The van der Waals surface area contributed by atoms with Crippen LogP contribution in [0.3, 0.4) is 0 Å². The van der Waals surface area contributed by atoms with Gasteiger partial charge in [0, 0.05) is 11.1 Å². The van der Waals surface area contributed by atoms with Crippen LogP contribution >= 0.6 is 11.3 Å². The lowest BCUT2D eigenvalue weighted by atomic mass is 10.0. The quantitative estimate of drug-likeness (QED) is 0.591. The van der Waals surface area contributed by atoms with E-state index in [1.165, 1.54) is 6.26 Å². The molecule has 2 aromatic heterocycles. The average molecular weight is 411 g/mol. The van der Waals surface area contributed by atoms with E-state index in [1.54, 1.807) is 18.3 Å². The van der Waals surface area contributed by atoms with Crippen molar-refractivity contribution in [3.8, 4) is 0 Å². The molecule has 8 nitrogen and oxygen atoms in total. The van der Waals surface area contributed by atoms with Gasteiger partial charge in [-0.05, 0) is 33.6 Å². The second-order valence-corrected chi connectivity index (χ2v) is 8.79. The Kier molecular flexibility index (Phi) is 5.75. The lowest BCUT2D eigenvalue weighted by Gasteiger charge is -2.26. The highest BCUT2D eigenvalue weighted by molar-refractivity contribution is 7.84. The van der Waals surface area contributed by atoms with Crippen molar-refractivity contribution in [3.05, 3.63) is 31.6 Å². The number of nitrogens with zero attached hydrogens (tertiary/aromatic N) is 3. The number of aryl methyl sites for hydroxylation is 3. The van der Waals surface area contributed by atoms with E-state index in [-0.39, 0.29) is 24.3 Å². The van der Waals surface area contributed by atoms with Gasteiger partial charge in [0.2, 0.25) is 5.16 Å². The Balaban J connectivity index is 2.02. The molecule has 2 atom stereocenters. The maximum atomic E-state index is 13.1. The van der Waals surface area contributed by atoms with Gasteiger partial charge in [-0.25, -0.2) is 9.97 Å². The Hall–Kier alpha value is -2.07. The van der Waals surface area contributed by atoms with E-state index in [4.69, 9.17) is 4.74 Å². The second kappa shape index (κ2) is 7.89. The van der Waals surface area contributed by atoms with Gasteiger partial charge in [-0.15, -0.1) is 11.3 Å². The third kappa shape index (κ3) is 3.96. The zero-order valence-corrected chi connectivity index (χ0v) is 17.3. The van der Waals surface area contributed by atoms with Gasteiger partial charge >= 0.3 is 5.97 Å². The van der Waals surface area contributed by atoms with Gasteiger partial charge in [0.1, 0.15) is 12.2 Å². The fourth-order valence-electron chi connectivity index (χ4n) is 3.19. The second-order valence-electron chi connectivity index (χ2n) is 6.28. The van der Waals surface area contributed by atoms with Crippen molar-refractivity contribution in [2.24, 2.45) is 0 Å². The molecule has 3 heterocycles. The van der Waals surface area contributed by atoms with Crippen LogP contribution in [0.5, 0.6) is 0 Å². The van der Waals surface area contributed by atoms with E-state index < -0.39 is 22.3 Å². The number of hydrogen-bond acceptors (Lipinski definition) is 8. The molecule has 0 radical (unpaired) electrons. The third-order valence-electron chi connectivity index (χ3n) is 4.30. The summed E-state index contributed by atoms with van der Waals surface area (Å²) in [6.45, 7) is 5.50. The van der Waals surface area contributed by atoms with Crippen molar-refractivity contribution < 1.29 is 13.7 Å². The Morgan fingerprint density at radius 1 is 1.41 bits per heavy atom. The van der Waals surface area contributed by atoms with E-state index in [1.807, 2.05) is 13.8 Å². The maximum absolute atomic E-state index is 13.1. The van der Waals surface area contributed by atoms with Crippen molar-refractivity contribution in [2.75, 3.05) is 18.2 Å². The number of aromatic nitrogens is 3. The molecule has 1 unspecified atom stereocenters. The number of nitrogens with one attached hydrogen (secondary N) is 1. The Bertz CT molecular complexity index is 967. The molecule has 0 saturated heterocycles. The molecule has 1 N–H and O–H groups in total. The number of carbonyl (C=O) groups excluding carboxylic acids is 1. The van der Waals surface area contributed by atoms with Crippen molar-refractivity contribution in [2.45, 2.75) is 51.4 Å². The summed E-state index contributed by atoms with van der Waals surface area (Å²) in [6.07, 6.45) is 2.79. The minimum atomic E-state index is -1.51. The summed E-state index contributed by atoms with van der Waals surface area (Å²) in [5.74, 6) is -0.561. The highest BCUT2D eigenvalue weighted by Crippen LogP contribution is 2.34. The minimum absolute atomic E-state index is 0.0350. The van der Waals surface area contributed by atoms with E-state index in [9.17, 15) is 13.8 Å². The lowest BCUT2D eigenvalue weighted by Crippen LogP contribution is -2.35. The van der Waals surface area contributed by atoms with Crippen molar-refractivity contribution in [1.29, 1.82) is 0 Å². The first-order valence-corrected chi connectivity index (χ1v) is 11.0. The van der Waals surface area contributed by atoms with E-state index in [0.29, 0.717) is 17.8 Å². The zero-order valence-electron chi connectivity index (χ0n) is 15.7. The summed E-state index contributed by atoms with van der Waals surface area (Å²) >= 11 is 1.61. The number of thiazole rings is 1. The minimum Gasteiger partial charge on any atom is -0.465 e. The number of carbonyl (C=O) groups is 1. The first kappa shape index (κ1) is 19.7. The van der Waals surface area contributed by atoms with Gasteiger partial charge in [0.15, 0.2) is 0 Å². The Morgan fingerprint density at radius 2 is 2.15 bits per heavy atom. The molecule has 0 bridgehead atoms. The first-order chi connectivity index (χ1) is 12.8. The SMILES string of the molecule is CCOC(=O)Cn1c(S(C)=O)nc2c(c1=O)N[C@H](c1sc(C)nc1C)CC2. The van der Waals surface area contributed by atoms with Crippen molar-refractivity contribution in [1.82, 2.24) is 14.5 Å². The van der Waals surface area contributed by atoms with E-state index >= 15 is 0 Å². The molecule has 0 spiro atoms. The molecule has 10 heteroatoms. The molecule has 146 valence electrons. The van der Waals surface area contributed by atoms with Gasteiger partial charge in [-0.1, -0.05) is 0 Å². The summed E-state index contributed by atoms with van der Waals surface area (Å²) in [7, 11) is -1.51. The Labute approximate surface area is 163 Å². The van der Waals surface area contributed by atoms with Crippen LogP contribution in [-0.2, 0) is 33.3 Å². The summed E-state index contributed by atoms with van der Waals surface area (Å²) in [4.78, 5) is 34.9. The van der Waals surface area contributed by atoms with Crippen LogP contribution in [0, 0.1) is 13.8 Å². The van der Waals surface area contributed by atoms with Crippen molar-refractivity contribution >= 4 is 33.8 Å². The topological polar surface area (TPSA) is 103 Å². The molecule has 0 saturated carbocycles. The molecule has 1 aliphatic rings. The molecular weight excluding hydrogens is 388 g/mol. The summed E-state index contributed by atoms with van der Waals surface area (Å²) in [5.41, 5.74) is 1.49. The summed E-state index contributed by atoms with van der Waals surface area (Å²) < 4.78 is 18.2. The highest BCUT2D eigenvalue weighted by atomic mass is 32.2. The monoisotopic (exact) mass is 410 g/mol. The molecular formula is C17H22N4O4S2. The fourth-order valence-corrected chi connectivity index (χ4v) is 4.90. The molecule has 0 aromatic carbocycles. The summed E-state index contributed by atoms with van der Waals surface area (Å²) in [5, 5.41) is 4.34. The number of hydrogen-bond donors (Lipinski definition) is 1. The number of rotatable bonds is 5. The number of ether oxygens (including phenoxy) is 1. The molecule has 1 aliphatic heterocycles. The zero-order chi connectivity index (χ0) is 19.7. The smallest absolute Gasteiger partial charge is 0.326 e. The van der Waals surface area contributed by atoms with Crippen LogP contribution in [0.15, 0.2) is 9.95 Å². The Morgan fingerprint density at radius 3 is 2.74 bits per heavy atom. The van der Waals surface area contributed by atoms with Gasteiger partial charge in [0.05, 0.1) is 39.8 Å². The lowest BCUT2D eigenvalue weighted by molar-refractivity contribution is -0.144. The predicted molar refractivity (Wildman–Crippen MR) is 104 cm³/mol. The van der Waals surface area contributed by atoms with Crippen LogP contribution in [0.4, 0.5) is 5.69 Å². The van der Waals surface area contributed by atoms with Crippen molar-refractivity contribution in [3.63, 3.8) is 0 Å². The molecule has 2 aromatic rings. The fraction of sp³-hybridized carbons (Fsp3) is 0.529. The van der Waals surface area contributed by atoms with Crippen LogP contribution in [0.2, 0.25) is 0 Å². The normalized spacial score (nSPS) is 17.1.